The number of hydrogen-bond acceptors (Lipinski definition) is 5. The number of ether oxygens (including phenoxy) is 1. The van der Waals surface area contributed by atoms with E-state index in [1.165, 1.54) is 0 Å². The van der Waals surface area contributed by atoms with E-state index in [1.54, 1.807) is 6.20 Å². The van der Waals surface area contributed by atoms with Gasteiger partial charge in [0.2, 0.25) is 0 Å². The first-order chi connectivity index (χ1) is 10.6. The lowest BCUT2D eigenvalue weighted by Gasteiger charge is -2.25. The highest BCUT2D eigenvalue weighted by molar-refractivity contribution is 5.94. The Morgan fingerprint density at radius 1 is 1.50 bits per heavy atom. The molecule has 0 spiro atoms. The third-order valence-corrected chi connectivity index (χ3v) is 3.78. The van der Waals surface area contributed by atoms with Crippen molar-refractivity contribution >= 4 is 5.91 Å². The molecule has 7 nitrogen and oxygen atoms in total. The summed E-state index contributed by atoms with van der Waals surface area (Å²) in [7, 11) is 0. The minimum absolute atomic E-state index is 0.0748. The summed E-state index contributed by atoms with van der Waals surface area (Å²) >= 11 is 0. The largest absolute Gasteiger partial charge is 0.444 e. The average molecular weight is 304 g/mol. The molecule has 1 aliphatic heterocycles. The van der Waals surface area contributed by atoms with Crippen LogP contribution in [0.4, 0.5) is 0 Å². The smallest absolute Gasteiger partial charge is 0.272 e. The number of oxazole rings is 1. The molecule has 118 valence electrons. The van der Waals surface area contributed by atoms with E-state index in [0.29, 0.717) is 30.3 Å². The zero-order valence-electron chi connectivity index (χ0n) is 13.0. The van der Waals surface area contributed by atoms with Crippen LogP contribution >= 0.6 is 0 Å². The maximum absolute atomic E-state index is 12.3. The van der Waals surface area contributed by atoms with Gasteiger partial charge < -0.3 is 14.5 Å². The van der Waals surface area contributed by atoms with E-state index in [-0.39, 0.29) is 18.1 Å². The summed E-state index contributed by atoms with van der Waals surface area (Å²) in [4.78, 5) is 16.5. The van der Waals surface area contributed by atoms with Crippen LogP contribution in [0.15, 0.2) is 10.6 Å². The van der Waals surface area contributed by atoms with Gasteiger partial charge in [-0.2, -0.15) is 5.10 Å². The topological polar surface area (TPSA) is 93.0 Å². The first-order valence-corrected chi connectivity index (χ1v) is 7.52. The molecule has 1 aliphatic rings. The van der Waals surface area contributed by atoms with Crippen molar-refractivity contribution in [2.45, 2.75) is 52.4 Å². The minimum Gasteiger partial charge on any atom is -0.444 e. The number of carbonyl (C=O) groups excluding carboxylic acids is 1. The van der Waals surface area contributed by atoms with Gasteiger partial charge in [-0.25, -0.2) is 4.98 Å². The van der Waals surface area contributed by atoms with E-state index >= 15 is 0 Å². The number of nitrogens with zero attached hydrogens (tertiary/aromatic N) is 2. The molecule has 0 saturated heterocycles. The van der Waals surface area contributed by atoms with Crippen molar-refractivity contribution in [2.24, 2.45) is 0 Å². The van der Waals surface area contributed by atoms with Gasteiger partial charge in [0, 0.05) is 18.4 Å². The fourth-order valence-electron chi connectivity index (χ4n) is 2.71. The molecular weight excluding hydrogens is 284 g/mol. The highest BCUT2D eigenvalue weighted by Crippen LogP contribution is 2.30. The van der Waals surface area contributed by atoms with E-state index in [0.717, 1.165) is 17.7 Å². The second kappa shape index (κ2) is 5.92. The van der Waals surface area contributed by atoms with Gasteiger partial charge in [0.1, 0.15) is 5.76 Å². The average Bonchev–Trinajstić information content (AvgIpc) is 3.11. The van der Waals surface area contributed by atoms with Crippen molar-refractivity contribution in [2.75, 3.05) is 0 Å². The number of aryl methyl sites for hydroxylation is 1. The number of rotatable bonds is 4. The molecule has 0 aromatic carbocycles. The summed E-state index contributed by atoms with van der Waals surface area (Å²) in [6.45, 7) is 6.22. The SMILES string of the molecule is CCc1ncc(CNC(=O)c2n[nH]c3c2C[C@H](C)O[C@@H]3C)o1. The molecule has 1 amide bonds. The van der Waals surface area contributed by atoms with E-state index in [2.05, 4.69) is 20.5 Å². The van der Waals surface area contributed by atoms with Crippen LogP contribution in [0.3, 0.4) is 0 Å². The van der Waals surface area contributed by atoms with E-state index < -0.39 is 0 Å². The zero-order chi connectivity index (χ0) is 15.7. The van der Waals surface area contributed by atoms with Crippen LogP contribution in [0.2, 0.25) is 0 Å². The van der Waals surface area contributed by atoms with Crippen molar-refractivity contribution in [3.05, 3.63) is 34.8 Å². The number of aromatic amines is 1. The number of amides is 1. The van der Waals surface area contributed by atoms with Gasteiger partial charge in [-0.05, 0) is 13.8 Å². The van der Waals surface area contributed by atoms with Crippen molar-refractivity contribution in [3.8, 4) is 0 Å². The Hall–Kier alpha value is -2.15. The molecule has 3 heterocycles. The number of hydrogen-bond donors (Lipinski definition) is 2. The van der Waals surface area contributed by atoms with Crippen LogP contribution < -0.4 is 5.32 Å². The molecule has 0 unspecified atom stereocenters. The van der Waals surface area contributed by atoms with Crippen molar-refractivity contribution in [3.63, 3.8) is 0 Å². The predicted octanol–water partition coefficient (Wildman–Crippen LogP) is 1.91. The molecule has 2 atom stereocenters. The summed E-state index contributed by atoms with van der Waals surface area (Å²) in [6.07, 6.45) is 3.05. The van der Waals surface area contributed by atoms with Gasteiger partial charge >= 0.3 is 0 Å². The van der Waals surface area contributed by atoms with E-state index in [4.69, 9.17) is 9.15 Å². The van der Waals surface area contributed by atoms with Crippen molar-refractivity contribution < 1.29 is 13.9 Å². The lowest BCUT2D eigenvalue weighted by Crippen LogP contribution is -2.27. The van der Waals surface area contributed by atoms with Crippen molar-refractivity contribution in [1.29, 1.82) is 0 Å². The molecule has 0 radical (unpaired) electrons. The molecular formula is C15H20N4O3. The number of nitrogens with one attached hydrogen (secondary N) is 2. The Morgan fingerprint density at radius 3 is 3.05 bits per heavy atom. The van der Waals surface area contributed by atoms with Gasteiger partial charge in [-0.15, -0.1) is 0 Å². The van der Waals surface area contributed by atoms with E-state index in [1.807, 2.05) is 20.8 Å². The van der Waals surface area contributed by atoms with Crippen LogP contribution in [-0.2, 0) is 24.1 Å². The third-order valence-electron chi connectivity index (χ3n) is 3.78. The van der Waals surface area contributed by atoms with Gasteiger partial charge in [-0.1, -0.05) is 6.92 Å². The number of H-pyrrole nitrogens is 1. The second-order valence-corrected chi connectivity index (χ2v) is 5.51. The second-order valence-electron chi connectivity index (χ2n) is 5.51. The minimum atomic E-state index is -0.215. The normalized spacial score (nSPS) is 20.7. The van der Waals surface area contributed by atoms with Crippen LogP contribution in [-0.4, -0.2) is 27.2 Å². The summed E-state index contributed by atoms with van der Waals surface area (Å²) in [5, 5.41) is 9.89. The summed E-state index contributed by atoms with van der Waals surface area (Å²) in [6, 6.07) is 0. The monoisotopic (exact) mass is 304 g/mol. The lowest BCUT2D eigenvalue weighted by molar-refractivity contribution is -0.00697. The fourth-order valence-corrected chi connectivity index (χ4v) is 2.71. The molecule has 0 bridgehead atoms. The summed E-state index contributed by atoms with van der Waals surface area (Å²) in [5.74, 6) is 1.09. The molecule has 0 fully saturated rings. The van der Waals surface area contributed by atoms with Gasteiger partial charge in [0.15, 0.2) is 11.6 Å². The van der Waals surface area contributed by atoms with Crippen LogP contribution in [0, 0.1) is 0 Å². The quantitative estimate of drug-likeness (QED) is 0.900. The first-order valence-electron chi connectivity index (χ1n) is 7.52. The maximum Gasteiger partial charge on any atom is 0.272 e. The van der Waals surface area contributed by atoms with Gasteiger partial charge in [0.05, 0.1) is 30.6 Å². The number of carbonyl (C=O) groups is 1. The summed E-state index contributed by atoms with van der Waals surface area (Å²) < 4.78 is 11.2. The number of aromatic nitrogens is 3. The van der Waals surface area contributed by atoms with Crippen LogP contribution in [0.25, 0.3) is 0 Å². The highest BCUT2D eigenvalue weighted by Gasteiger charge is 2.29. The molecule has 2 aromatic rings. The molecule has 0 saturated carbocycles. The van der Waals surface area contributed by atoms with Gasteiger partial charge in [0.25, 0.3) is 5.91 Å². The summed E-state index contributed by atoms with van der Waals surface area (Å²) in [5.41, 5.74) is 2.26. The molecule has 2 aromatic heterocycles. The Morgan fingerprint density at radius 2 is 2.32 bits per heavy atom. The molecule has 22 heavy (non-hydrogen) atoms. The zero-order valence-corrected chi connectivity index (χ0v) is 13.0. The van der Waals surface area contributed by atoms with Crippen molar-refractivity contribution in [1.82, 2.24) is 20.5 Å². The molecule has 7 heteroatoms. The first kappa shape index (κ1) is 14.8. The Balaban J connectivity index is 1.70. The Bertz CT molecular complexity index is 676. The lowest BCUT2D eigenvalue weighted by atomic mass is 9.99. The van der Waals surface area contributed by atoms with Gasteiger partial charge in [-0.3, -0.25) is 9.89 Å². The standard InChI is InChI=1S/C15H20N4O3/c1-4-12-16-6-10(22-12)7-17-15(20)14-11-5-8(2)21-9(3)13(11)18-19-14/h6,8-9H,4-5,7H2,1-3H3,(H,17,20)(H,18,19)/t8-,9+/m0/s1. The third kappa shape index (κ3) is 2.76. The number of fused-ring (bicyclic) bond motifs is 1. The molecule has 2 N–H and O–H groups in total. The highest BCUT2D eigenvalue weighted by atomic mass is 16.5. The van der Waals surface area contributed by atoms with E-state index in [9.17, 15) is 4.79 Å². The van der Waals surface area contributed by atoms with Crippen LogP contribution in [0.1, 0.15) is 60.3 Å². The molecule has 0 aliphatic carbocycles. The van der Waals surface area contributed by atoms with Crippen LogP contribution in [0.5, 0.6) is 0 Å². The molecule has 3 rings (SSSR count). The Kier molecular flexibility index (Phi) is 3.98. The maximum atomic E-state index is 12.3. The Labute approximate surface area is 128 Å². The predicted molar refractivity (Wildman–Crippen MR) is 78.3 cm³/mol. The fraction of sp³-hybridized carbons (Fsp3) is 0.533.